The van der Waals surface area contributed by atoms with Gasteiger partial charge in [0.2, 0.25) is 0 Å². The number of pyridine rings is 1. The van der Waals surface area contributed by atoms with Crippen molar-refractivity contribution in [2.45, 2.75) is 18.9 Å². The maximum Gasteiger partial charge on any atom is 0.250 e. The number of anilines is 1. The first-order valence-electron chi connectivity index (χ1n) is 9.45. The molecule has 7 nitrogen and oxygen atoms in total. The molecular formula is C21H20N6O. The van der Waals surface area contributed by atoms with Crippen LogP contribution in [0.4, 0.5) is 5.82 Å². The van der Waals surface area contributed by atoms with Crippen LogP contribution in [0.15, 0.2) is 66.1 Å². The number of benzene rings is 1. The van der Waals surface area contributed by atoms with E-state index in [2.05, 4.69) is 37.2 Å². The molecule has 0 unspecified atom stereocenters. The molecule has 7 heteroatoms. The predicted octanol–water partition coefficient (Wildman–Crippen LogP) is 3.02. The van der Waals surface area contributed by atoms with Crippen molar-refractivity contribution in [2.75, 3.05) is 18.0 Å². The van der Waals surface area contributed by atoms with Crippen LogP contribution in [0.1, 0.15) is 18.9 Å². The van der Waals surface area contributed by atoms with E-state index in [9.17, 15) is 4.79 Å². The molecule has 0 radical (unpaired) electrons. The molecule has 1 saturated heterocycles. The molecule has 0 spiro atoms. The second-order valence-electron chi connectivity index (χ2n) is 7.08. The van der Waals surface area contributed by atoms with E-state index in [-0.39, 0.29) is 11.6 Å². The monoisotopic (exact) mass is 372 g/mol. The zero-order valence-corrected chi connectivity index (χ0v) is 15.3. The van der Waals surface area contributed by atoms with Gasteiger partial charge in [-0.15, -0.1) is 0 Å². The van der Waals surface area contributed by atoms with Crippen molar-refractivity contribution in [2.24, 2.45) is 0 Å². The minimum Gasteiger partial charge on any atom is -0.356 e. The van der Waals surface area contributed by atoms with E-state index in [4.69, 9.17) is 0 Å². The zero-order valence-electron chi connectivity index (χ0n) is 15.3. The second-order valence-corrected chi connectivity index (χ2v) is 7.08. The van der Waals surface area contributed by atoms with E-state index in [0.717, 1.165) is 53.8 Å². The van der Waals surface area contributed by atoms with E-state index in [1.54, 1.807) is 18.5 Å². The summed E-state index contributed by atoms with van der Waals surface area (Å²) in [6.45, 7) is 1.71. The highest BCUT2D eigenvalue weighted by Gasteiger charge is 2.23. The molecule has 140 valence electrons. The lowest BCUT2D eigenvalue weighted by Crippen LogP contribution is -2.37. The van der Waals surface area contributed by atoms with Crippen molar-refractivity contribution >= 4 is 16.7 Å². The van der Waals surface area contributed by atoms with Crippen LogP contribution in [0.5, 0.6) is 0 Å². The van der Waals surface area contributed by atoms with E-state index in [0.29, 0.717) is 0 Å². The Bertz CT molecular complexity index is 1160. The normalized spacial score (nSPS) is 15.2. The summed E-state index contributed by atoms with van der Waals surface area (Å²) in [6.07, 6.45) is 9.04. The molecule has 4 aromatic rings. The van der Waals surface area contributed by atoms with Crippen LogP contribution < -0.4 is 10.5 Å². The van der Waals surface area contributed by atoms with Crippen molar-refractivity contribution in [3.8, 4) is 11.1 Å². The van der Waals surface area contributed by atoms with E-state index in [1.807, 2.05) is 35.3 Å². The summed E-state index contributed by atoms with van der Waals surface area (Å²) in [5.41, 5.74) is 3.12. The van der Waals surface area contributed by atoms with Gasteiger partial charge in [0.25, 0.3) is 5.56 Å². The highest BCUT2D eigenvalue weighted by atomic mass is 16.1. The maximum absolute atomic E-state index is 12.1. The van der Waals surface area contributed by atoms with Gasteiger partial charge in [-0.2, -0.15) is 5.10 Å². The van der Waals surface area contributed by atoms with Gasteiger partial charge < -0.3 is 9.47 Å². The summed E-state index contributed by atoms with van der Waals surface area (Å²) >= 11 is 0. The molecule has 0 aliphatic carbocycles. The Morgan fingerprint density at radius 1 is 1.04 bits per heavy atom. The first-order chi connectivity index (χ1) is 13.8. The fourth-order valence-corrected chi connectivity index (χ4v) is 3.98. The SMILES string of the molecule is O=c1ccccn1C1CCN(c2ncnc3ccc(-c4cn[nH]c4)cc23)CC1. The van der Waals surface area contributed by atoms with Crippen molar-refractivity contribution in [3.63, 3.8) is 0 Å². The molecule has 1 aromatic carbocycles. The summed E-state index contributed by atoms with van der Waals surface area (Å²) in [6, 6.07) is 11.8. The number of H-pyrrole nitrogens is 1. The lowest BCUT2D eigenvalue weighted by molar-refractivity contribution is 0.387. The molecule has 1 aliphatic heterocycles. The Kier molecular flexibility index (Phi) is 4.12. The fourth-order valence-electron chi connectivity index (χ4n) is 3.98. The molecule has 1 aliphatic rings. The average molecular weight is 372 g/mol. The van der Waals surface area contributed by atoms with Crippen molar-refractivity contribution < 1.29 is 0 Å². The minimum absolute atomic E-state index is 0.0678. The lowest BCUT2D eigenvalue weighted by atomic mass is 10.0. The second kappa shape index (κ2) is 6.92. The number of hydrogen-bond acceptors (Lipinski definition) is 5. The van der Waals surface area contributed by atoms with Gasteiger partial charge in [-0.1, -0.05) is 12.1 Å². The van der Waals surface area contributed by atoms with Crippen LogP contribution >= 0.6 is 0 Å². The van der Waals surface area contributed by atoms with Gasteiger partial charge in [-0.3, -0.25) is 9.89 Å². The standard InChI is InChI=1S/C21H20N6O/c28-20-3-1-2-8-27(20)17-6-9-26(10-7-17)21-18-11-15(16-12-24-25-13-16)4-5-19(18)22-14-23-21/h1-5,8,11-14,17H,6-7,9-10H2,(H,24,25). The molecule has 0 amide bonds. The fraction of sp³-hybridized carbons (Fsp3) is 0.238. The number of hydrogen-bond donors (Lipinski definition) is 1. The number of nitrogens with one attached hydrogen (secondary N) is 1. The number of rotatable bonds is 3. The van der Waals surface area contributed by atoms with Crippen molar-refractivity contribution in [1.82, 2.24) is 24.7 Å². The number of piperidine rings is 1. The number of nitrogens with zero attached hydrogens (tertiary/aromatic N) is 5. The van der Waals surface area contributed by atoms with Gasteiger partial charge in [-0.05, 0) is 36.6 Å². The van der Waals surface area contributed by atoms with Gasteiger partial charge >= 0.3 is 0 Å². The van der Waals surface area contributed by atoms with Gasteiger partial charge in [0.05, 0.1) is 11.7 Å². The Hall–Kier alpha value is -3.48. The predicted molar refractivity (Wildman–Crippen MR) is 108 cm³/mol. The molecule has 4 heterocycles. The number of aromatic amines is 1. The Morgan fingerprint density at radius 3 is 2.71 bits per heavy atom. The molecule has 0 saturated carbocycles. The van der Waals surface area contributed by atoms with Gasteiger partial charge in [0.1, 0.15) is 12.1 Å². The molecule has 5 rings (SSSR count). The van der Waals surface area contributed by atoms with Crippen LogP contribution in [0.2, 0.25) is 0 Å². The largest absolute Gasteiger partial charge is 0.356 e. The third-order valence-electron chi connectivity index (χ3n) is 5.45. The number of fused-ring (bicyclic) bond motifs is 1. The summed E-state index contributed by atoms with van der Waals surface area (Å²) < 4.78 is 1.85. The first-order valence-corrected chi connectivity index (χ1v) is 9.45. The van der Waals surface area contributed by atoms with Gasteiger partial charge in [0.15, 0.2) is 0 Å². The van der Waals surface area contributed by atoms with E-state index in [1.165, 1.54) is 0 Å². The van der Waals surface area contributed by atoms with Crippen LogP contribution in [0.3, 0.4) is 0 Å². The average Bonchev–Trinajstić information content (AvgIpc) is 3.28. The molecule has 3 aromatic heterocycles. The summed E-state index contributed by atoms with van der Waals surface area (Å²) in [4.78, 5) is 23.4. The quantitative estimate of drug-likeness (QED) is 0.598. The molecule has 1 fully saturated rings. The smallest absolute Gasteiger partial charge is 0.250 e. The van der Waals surface area contributed by atoms with Crippen LogP contribution in [-0.4, -0.2) is 37.8 Å². The Morgan fingerprint density at radius 2 is 1.93 bits per heavy atom. The highest BCUT2D eigenvalue weighted by molar-refractivity contribution is 5.92. The van der Waals surface area contributed by atoms with Crippen LogP contribution in [-0.2, 0) is 0 Å². The topological polar surface area (TPSA) is 79.7 Å². The molecule has 0 bridgehead atoms. The first kappa shape index (κ1) is 16.7. The van der Waals surface area contributed by atoms with E-state index >= 15 is 0 Å². The Labute approximate surface area is 161 Å². The van der Waals surface area contributed by atoms with Gasteiger partial charge in [-0.25, -0.2) is 9.97 Å². The lowest BCUT2D eigenvalue weighted by Gasteiger charge is -2.34. The summed E-state index contributed by atoms with van der Waals surface area (Å²) in [5, 5.41) is 7.94. The summed E-state index contributed by atoms with van der Waals surface area (Å²) in [5.74, 6) is 0.953. The van der Waals surface area contributed by atoms with Crippen LogP contribution in [0.25, 0.3) is 22.0 Å². The number of aromatic nitrogens is 5. The molecule has 0 atom stereocenters. The summed E-state index contributed by atoms with van der Waals surface area (Å²) in [7, 11) is 0. The molecule has 1 N–H and O–H groups in total. The third kappa shape index (κ3) is 2.94. The molecule has 28 heavy (non-hydrogen) atoms. The van der Waals surface area contributed by atoms with Crippen molar-refractivity contribution in [1.29, 1.82) is 0 Å². The minimum atomic E-state index is 0.0678. The third-order valence-corrected chi connectivity index (χ3v) is 5.45. The van der Waals surface area contributed by atoms with Crippen LogP contribution in [0, 0.1) is 0 Å². The van der Waals surface area contributed by atoms with E-state index < -0.39 is 0 Å². The molecular weight excluding hydrogens is 352 g/mol. The highest BCUT2D eigenvalue weighted by Crippen LogP contribution is 2.31. The van der Waals surface area contributed by atoms with Gasteiger partial charge in [0, 0.05) is 48.5 Å². The Balaban J connectivity index is 1.44. The van der Waals surface area contributed by atoms with Crippen molar-refractivity contribution in [3.05, 3.63) is 71.7 Å². The zero-order chi connectivity index (χ0) is 18.9. The maximum atomic E-state index is 12.1.